The summed E-state index contributed by atoms with van der Waals surface area (Å²) in [7, 11) is -3.84. The summed E-state index contributed by atoms with van der Waals surface area (Å²) in [5.74, 6) is -1.39. The van der Waals surface area contributed by atoms with Gasteiger partial charge in [-0.25, -0.2) is 17.9 Å². The molecule has 1 fully saturated rings. The van der Waals surface area contributed by atoms with E-state index in [-0.39, 0.29) is 23.1 Å². The molecule has 1 amide bonds. The summed E-state index contributed by atoms with van der Waals surface area (Å²) in [5.41, 5.74) is 0.896. The van der Waals surface area contributed by atoms with E-state index >= 15 is 0 Å². The zero-order valence-corrected chi connectivity index (χ0v) is 18.2. The maximum absolute atomic E-state index is 12.5. The van der Waals surface area contributed by atoms with Crippen LogP contribution in [0.1, 0.15) is 35.7 Å². The Balaban J connectivity index is 1.60. The van der Waals surface area contributed by atoms with Gasteiger partial charge in [0.15, 0.2) is 6.10 Å². The van der Waals surface area contributed by atoms with Gasteiger partial charge >= 0.3 is 5.97 Å². The van der Waals surface area contributed by atoms with E-state index in [0.29, 0.717) is 17.9 Å². The maximum atomic E-state index is 12.5. The van der Waals surface area contributed by atoms with Crippen molar-refractivity contribution in [2.24, 2.45) is 0 Å². The van der Waals surface area contributed by atoms with Crippen molar-refractivity contribution >= 4 is 27.6 Å². The van der Waals surface area contributed by atoms with Crippen LogP contribution in [0.3, 0.4) is 0 Å². The average Bonchev–Trinajstić information content (AvgIpc) is 3.32. The highest BCUT2D eigenvalue weighted by Gasteiger charge is 2.23. The second kappa shape index (κ2) is 10.4. The molecule has 2 aromatic rings. The molecule has 0 aromatic heterocycles. The Bertz CT molecular complexity index is 1120. The van der Waals surface area contributed by atoms with E-state index in [9.17, 15) is 18.0 Å². The number of amides is 1. The van der Waals surface area contributed by atoms with Crippen molar-refractivity contribution in [3.8, 4) is 6.07 Å². The van der Waals surface area contributed by atoms with E-state index in [4.69, 9.17) is 14.7 Å². The van der Waals surface area contributed by atoms with Crippen molar-refractivity contribution in [2.45, 2.75) is 36.9 Å². The molecule has 2 aromatic carbocycles. The fourth-order valence-electron chi connectivity index (χ4n) is 3.04. The van der Waals surface area contributed by atoms with E-state index < -0.39 is 28.0 Å². The van der Waals surface area contributed by atoms with Gasteiger partial charge in [0, 0.05) is 18.8 Å². The first-order valence-electron chi connectivity index (χ1n) is 10.0. The lowest BCUT2D eigenvalue weighted by Crippen LogP contribution is -2.32. The number of nitrogens with one attached hydrogen (secondary N) is 2. The Labute approximate surface area is 186 Å². The maximum Gasteiger partial charge on any atom is 0.338 e. The first kappa shape index (κ1) is 23.4. The molecule has 2 unspecified atom stereocenters. The van der Waals surface area contributed by atoms with E-state index in [1.54, 1.807) is 24.3 Å². The van der Waals surface area contributed by atoms with Crippen molar-refractivity contribution in [3.63, 3.8) is 0 Å². The van der Waals surface area contributed by atoms with Crippen molar-refractivity contribution in [3.05, 3.63) is 59.7 Å². The number of sulfonamides is 1. The Morgan fingerprint density at radius 2 is 2.00 bits per heavy atom. The molecule has 1 aliphatic heterocycles. The van der Waals surface area contributed by atoms with Crippen molar-refractivity contribution in [1.82, 2.24) is 4.72 Å². The fraction of sp³-hybridized carbons (Fsp3) is 0.318. The lowest BCUT2D eigenvalue weighted by atomic mass is 10.2. The minimum atomic E-state index is -3.84. The van der Waals surface area contributed by atoms with E-state index in [1.165, 1.54) is 31.2 Å². The number of carbonyl (C=O) groups is 2. The molecule has 0 saturated carbocycles. The van der Waals surface area contributed by atoms with Crippen LogP contribution < -0.4 is 10.0 Å². The first-order valence-corrected chi connectivity index (χ1v) is 11.5. The molecule has 3 rings (SSSR count). The Morgan fingerprint density at radius 3 is 2.66 bits per heavy atom. The predicted octanol–water partition coefficient (Wildman–Crippen LogP) is 2.20. The molecule has 1 heterocycles. The molecule has 2 atom stereocenters. The lowest BCUT2D eigenvalue weighted by Gasteiger charge is -2.14. The summed E-state index contributed by atoms with van der Waals surface area (Å²) >= 11 is 0. The summed E-state index contributed by atoms with van der Waals surface area (Å²) < 4.78 is 38.2. The molecule has 0 spiro atoms. The summed E-state index contributed by atoms with van der Waals surface area (Å²) in [5, 5.41) is 11.4. The quantitative estimate of drug-likeness (QED) is 0.580. The van der Waals surface area contributed by atoms with Crippen molar-refractivity contribution in [1.29, 1.82) is 5.26 Å². The summed E-state index contributed by atoms with van der Waals surface area (Å²) in [4.78, 5) is 24.7. The molecule has 0 aliphatic carbocycles. The zero-order valence-electron chi connectivity index (χ0n) is 17.4. The number of hydrogen-bond acceptors (Lipinski definition) is 7. The van der Waals surface area contributed by atoms with Crippen LogP contribution in [-0.4, -0.2) is 45.7 Å². The van der Waals surface area contributed by atoms with Crippen LogP contribution in [0.5, 0.6) is 0 Å². The number of carbonyl (C=O) groups excluding carboxylic acids is 2. The Kier molecular flexibility index (Phi) is 7.58. The van der Waals surface area contributed by atoms with Crippen LogP contribution >= 0.6 is 0 Å². The number of nitriles is 1. The standard InChI is InChI=1S/C22H23N3O6S/c1-15(21(26)25-18-9-7-16(13-23)8-10-18)31-22(27)17-4-2-6-20(12-17)32(28,29)24-14-19-5-3-11-30-19/h2,4,6-10,12,15,19,24H,3,5,11,14H2,1H3,(H,25,26). The van der Waals surface area contributed by atoms with Crippen LogP contribution in [0, 0.1) is 11.3 Å². The van der Waals surface area contributed by atoms with E-state index in [0.717, 1.165) is 12.8 Å². The molecule has 168 valence electrons. The minimum absolute atomic E-state index is 0.00279. The van der Waals surface area contributed by atoms with E-state index in [1.807, 2.05) is 6.07 Å². The van der Waals surface area contributed by atoms with Gasteiger partial charge in [-0.2, -0.15) is 5.26 Å². The number of hydrogen-bond donors (Lipinski definition) is 2. The second-order valence-corrected chi connectivity index (χ2v) is 9.01. The second-order valence-electron chi connectivity index (χ2n) is 7.24. The molecule has 2 N–H and O–H groups in total. The van der Waals surface area contributed by atoms with Crippen molar-refractivity contribution in [2.75, 3.05) is 18.5 Å². The van der Waals surface area contributed by atoms with Crippen molar-refractivity contribution < 1.29 is 27.5 Å². The smallest absolute Gasteiger partial charge is 0.338 e. The lowest BCUT2D eigenvalue weighted by molar-refractivity contribution is -0.123. The SMILES string of the molecule is CC(OC(=O)c1cccc(S(=O)(=O)NCC2CCCO2)c1)C(=O)Nc1ccc(C#N)cc1. The van der Waals surface area contributed by atoms with Gasteiger partial charge in [-0.05, 0) is 62.2 Å². The average molecular weight is 458 g/mol. The molecule has 9 nitrogen and oxygen atoms in total. The van der Waals surface area contributed by atoms with Gasteiger partial charge in [0.2, 0.25) is 10.0 Å². The summed E-state index contributed by atoms with van der Waals surface area (Å²) in [6.07, 6.45) is 0.395. The normalized spacial score (nSPS) is 16.7. The van der Waals surface area contributed by atoms with Crippen LogP contribution in [-0.2, 0) is 24.3 Å². The summed E-state index contributed by atoms with van der Waals surface area (Å²) in [6.45, 7) is 2.18. The molecular weight excluding hydrogens is 434 g/mol. The first-order chi connectivity index (χ1) is 15.3. The zero-order chi connectivity index (χ0) is 23.1. The predicted molar refractivity (Wildman–Crippen MR) is 115 cm³/mol. The van der Waals surface area contributed by atoms with Gasteiger partial charge in [0.1, 0.15) is 0 Å². The summed E-state index contributed by atoms with van der Waals surface area (Å²) in [6, 6.07) is 13.6. The molecule has 0 bridgehead atoms. The molecule has 1 aliphatic rings. The third kappa shape index (κ3) is 6.13. The van der Waals surface area contributed by atoms with Crippen LogP contribution in [0.2, 0.25) is 0 Å². The van der Waals surface area contributed by atoms with Gasteiger partial charge in [-0.1, -0.05) is 6.07 Å². The number of ether oxygens (including phenoxy) is 2. The van der Waals surface area contributed by atoms with Gasteiger partial charge in [0.05, 0.1) is 28.2 Å². The highest BCUT2D eigenvalue weighted by Crippen LogP contribution is 2.16. The number of esters is 1. The van der Waals surface area contributed by atoms with Gasteiger partial charge in [0.25, 0.3) is 5.91 Å². The number of benzene rings is 2. The Hall–Kier alpha value is -3.26. The largest absolute Gasteiger partial charge is 0.449 e. The van der Waals surface area contributed by atoms with Gasteiger partial charge in [-0.3, -0.25) is 4.79 Å². The number of nitrogens with zero attached hydrogens (tertiary/aromatic N) is 1. The fourth-order valence-corrected chi connectivity index (χ4v) is 4.15. The highest BCUT2D eigenvalue weighted by molar-refractivity contribution is 7.89. The third-order valence-electron chi connectivity index (χ3n) is 4.84. The van der Waals surface area contributed by atoms with E-state index in [2.05, 4.69) is 10.0 Å². The third-order valence-corrected chi connectivity index (χ3v) is 6.26. The highest BCUT2D eigenvalue weighted by atomic mass is 32.2. The monoisotopic (exact) mass is 457 g/mol. The van der Waals surface area contributed by atoms with Gasteiger partial charge in [-0.15, -0.1) is 0 Å². The number of anilines is 1. The van der Waals surface area contributed by atoms with Crippen LogP contribution in [0.25, 0.3) is 0 Å². The molecule has 10 heteroatoms. The molecular formula is C22H23N3O6S. The Morgan fingerprint density at radius 1 is 1.25 bits per heavy atom. The van der Waals surface area contributed by atoms with Crippen LogP contribution in [0.15, 0.2) is 53.4 Å². The molecule has 0 radical (unpaired) electrons. The topological polar surface area (TPSA) is 135 Å². The molecule has 1 saturated heterocycles. The number of rotatable bonds is 8. The van der Waals surface area contributed by atoms with Gasteiger partial charge < -0.3 is 14.8 Å². The minimum Gasteiger partial charge on any atom is -0.449 e. The van der Waals surface area contributed by atoms with Crippen LogP contribution in [0.4, 0.5) is 5.69 Å². The molecule has 32 heavy (non-hydrogen) atoms.